The Morgan fingerprint density at radius 1 is 1.61 bits per heavy atom. The zero-order valence-corrected chi connectivity index (χ0v) is 11.2. The van der Waals surface area contributed by atoms with Gasteiger partial charge in [0.15, 0.2) is 4.96 Å². The summed E-state index contributed by atoms with van der Waals surface area (Å²) in [5.74, 6) is 0.665. The molecule has 0 spiro atoms. The highest BCUT2D eigenvalue weighted by molar-refractivity contribution is 7.15. The van der Waals surface area contributed by atoms with Crippen molar-refractivity contribution < 1.29 is 9.53 Å². The smallest absolute Gasteiger partial charge is 0.237 e. The lowest BCUT2D eigenvalue weighted by atomic mass is 10.3. The van der Waals surface area contributed by atoms with E-state index in [-0.39, 0.29) is 5.91 Å². The third kappa shape index (κ3) is 2.62. The van der Waals surface area contributed by atoms with Gasteiger partial charge in [0.1, 0.15) is 5.69 Å². The first kappa shape index (κ1) is 12.8. The molecule has 0 aromatic carbocycles. The standard InChI is InChI=1S/C11H16N4O2S/c1-12-9(16)3-4-13-7-8-10(17-2)14-11-15(8)5-6-18-11/h5-6,13H,3-4,7H2,1-2H3,(H,12,16). The fourth-order valence-corrected chi connectivity index (χ4v) is 2.40. The van der Waals surface area contributed by atoms with Crippen molar-refractivity contribution in [1.82, 2.24) is 20.0 Å². The first-order chi connectivity index (χ1) is 8.76. The summed E-state index contributed by atoms with van der Waals surface area (Å²) in [6.07, 6.45) is 2.43. The van der Waals surface area contributed by atoms with Crippen molar-refractivity contribution in [3.63, 3.8) is 0 Å². The van der Waals surface area contributed by atoms with Gasteiger partial charge in [-0.05, 0) is 0 Å². The van der Waals surface area contributed by atoms with Gasteiger partial charge in [0, 0.05) is 38.1 Å². The van der Waals surface area contributed by atoms with Gasteiger partial charge in [-0.1, -0.05) is 0 Å². The van der Waals surface area contributed by atoms with Crippen molar-refractivity contribution in [2.75, 3.05) is 20.7 Å². The molecule has 0 saturated carbocycles. The Morgan fingerprint density at radius 2 is 2.44 bits per heavy atom. The maximum Gasteiger partial charge on any atom is 0.237 e. The van der Waals surface area contributed by atoms with Crippen molar-refractivity contribution in [1.29, 1.82) is 0 Å². The second kappa shape index (κ2) is 5.83. The molecule has 2 heterocycles. The maximum atomic E-state index is 11.1. The van der Waals surface area contributed by atoms with Crippen LogP contribution in [0.1, 0.15) is 12.1 Å². The average molecular weight is 268 g/mol. The molecule has 0 saturated heterocycles. The molecule has 18 heavy (non-hydrogen) atoms. The lowest BCUT2D eigenvalue weighted by molar-refractivity contribution is -0.120. The van der Waals surface area contributed by atoms with Crippen LogP contribution in [0.2, 0.25) is 0 Å². The quantitative estimate of drug-likeness (QED) is 0.754. The number of rotatable bonds is 6. The number of carbonyl (C=O) groups is 1. The summed E-state index contributed by atoms with van der Waals surface area (Å²) in [5.41, 5.74) is 0.977. The van der Waals surface area contributed by atoms with Crippen LogP contribution < -0.4 is 15.4 Å². The third-order valence-electron chi connectivity index (χ3n) is 2.62. The molecule has 0 aliphatic carbocycles. The number of aromatic nitrogens is 2. The number of ether oxygens (including phenoxy) is 1. The van der Waals surface area contributed by atoms with Crippen LogP contribution in [0.15, 0.2) is 11.6 Å². The van der Waals surface area contributed by atoms with E-state index in [2.05, 4.69) is 15.6 Å². The van der Waals surface area contributed by atoms with Gasteiger partial charge in [-0.15, -0.1) is 11.3 Å². The Hall–Kier alpha value is -1.60. The molecule has 98 valence electrons. The Bertz CT molecular complexity index is 534. The van der Waals surface area contributed by atoms with E-state index in [1.165, 1.54) is 0 Å². The van der Waals surface area contributed by atoms with E-state index >= 15 is 0 Å². The second-order valence-corrected chi connectivity index (χ2v) is 4.60. The molecule has 2 aromatic heterocycles. The molecule has 0 fully saturated rings. The highest BCUT2D eigenvalue weighted by atomic mass is 32.1. The van der Waals surface area contributed by atoms with E-state index in [0.717, 1.165) is 10.7 Å². The molecule has 2 rings (SSSR count). The monoisotopic (exact) mass is 268 g/mol. The predicted molar refractivity (Wildman–Crippen MR) is 70.0 cm³/mol. The predicted octanol–water partition coefficient (Wildman–Crippen LogP) is 0.630. The van der Waals surface area contributed by atoms with Crippen LogP contribution in [0.3, 0.4) is 0 Å². The van der Waals surface area contributed by atoms with Crippen LogP contribution in [0, 0.1) is 0 Å². The summed E-state index contributed by atoms with van der Waals surface area (Å²) in [7, 11) is 3.25. The fraction of sp³-hybridized carbons (Fsp3) is 0.455. The van der Waals surface area contributed by atoms with Gasteiger partial charge in [-0.3, -0.25) is 9.20 Å². The third-order valence-corrected chi connectivity index (χ3v) is 3.37. The van der Waals surface area contributed by atoms with Crippen LogP contribution >= 0.6 is 11.3 Å². The van der Waals surface area contributed by atoms with E-state index in [4.69, 9.17) is 4.74 Å². The highest BCUT2D eigenvalue weighted by Gasteiger charge is 2.12. The Kier molecular flexibility index (Phi) is 4.16. The number of nitrogens with one attached hydrogen (secondary N) is 2. The van der Waals surface area contributed by atoms with Crippen LogP contribution in [-0.4, -0.2) is 36.0 Å². The number of imidazole rings is 1. The second-order valence-electron chi connectivity index (χ2n) is 3.72. The zero-order chi connectivity index (χ0) is 13.0. The average Bonchev–Trinajstić information content (AvgIpc) is 2.95. The maximum absolute atomic E-state index is 11.1. The van der Waals surface area contributed by atoms with Gasteiger partial charge in [-0.2, -0.15) is 4.98 Å². The van der Waals surface area contributed by atoms with E-state index in [9.17, 15) is 4.79 Å². The minimum atomic E-state index is 0.0310. The van der Waals surface area contributed by atoms with E-state index < -0.39 is 0 Å². The van der Waals surface area contributed by atoms with Crippen LogP contribution in [0.25, 0.3) is 4.96 Å². The summed E-state index contributed by atoms with van der Waals surface area (Å²) >= 11 is 1.57. The van der Waals surface area contributed by atoms with Crippen LogP contribution in [0.4, 0.5) is 0 Å². The van der Waals surface area contributed by atoms with Gasteiger partial charge in [0.2, 0.25) is 11.8 Å². The normalized spacial score (nSPS) is 10.8. The molecular formula is C11H16N4O2S. The number of amides is 1. The van der Waals surface area contributed by atoms with Gasteiger partial charge < -0.3 is 15.4 Å². The number of hydrogen-bond donors (Lipinski definition) is 2. The summed E-state index contributed by atoms with van der Waals surface area (Å²) in [4.78, 5) is 16.3. The first-order valence-corrected chi connectivity index (χ1v) is 6.54. The SMILES string of the molecule is CNC(=O)CCNCc1c(OC)nc2sccn12. The fourth-order valence-electron chi connectivity index (χ4n) is 1.67. The first-order valence-electron chi connectivity index (χ1n) is 5.66. The number of hydrogen-bond acceptors (Lipinski definition) is 5. The van der Waals surface area contributed by atoms with E-state index in [0.29, 0.717) is 25.4 Å². The molecule has 2 N–H and O–H groups in total. The number of methoxy groups -OCH3 is 1. The van der Waals surface area contributed by atoms with E-state index in [1.54, 1.807) is 25.5 Å². The molecule has 1 amide bonds. The molecule has 0 radical (unpaired) electrons. The Balaban J connectivity index is 1.97. The molecular weight excluding hydrogens is 252 g/mol. The minimum absolute atomic E-state index is 0.0310. The minimum Gasteiger partial charge on any atom is -0.480 e. The lowest BCUT2D eigenvalue weighted by Crippen LogP contribution is -2.24. The molecule has 0 aliphatic heterocycles. The van der Waals surface area contributed by atoms with Crippen molar-refractivity contribution in [2.24, 2.45) is 0 Å². The summed E-state index contributed by atoms with van der Waals surface area (Å²) in [6.45, 7) is 1.25. The summed E-state index contributed by atoms with van der Waals surface area (Å²) in [5, 5.41) is 7.78. The topological polar surface area (TPSA) is 67.7 Å². The number of fused-ring (bicyclic) bond motifs is 1. The van der Waals surface area contributed by atoms with Gasteiger partial charge in [-0.25, -0.2) is 0 Å². The van der Waals surface area contributed by atoms with Crippen molar-refractivity contribution in [3.05, 3.63) is 17.3 Å². The van der Waals surface area contributed by atoms with Crippen molar-refractivity contribution in [3.8, 4) is 5.88 Å². The van der Waals surface area contributed by atoms with Crippen molar-refractivity contribution >= 4 is 22.2 Å². The number of nitrogens with zero attached hydrogens (tertiary/aromatic N) is 2. The highest BCUT2D eigenvalue weighted by Crippen LogP contribution is 2.22. The molecule has 0 aliphatic rings. The zero-order valence-electron chi connectivity index (χ0n) is 10.4. The molecule has 6 nitrogen and oxygen atoms in total. The van der Waals surface area contributed by atoms with Crippen molar-refractivity contribution in [2.45, 2.75) is 13.0 Å². The van der Waals surface area contributed by atoms with Gasteiger partial charge in [0.25, 0.3) is 0 Å². The van der Waals surface area contributed by atoms with Crippen LogP contribution in [-0.2, 0) is 11.3 Å². The molecule has 0 unspecified atom stereocenters. The molecule has 7 heteroatoms. The number of carbonyl (C=O) groups excluding carboxylic acids is 1. The van der Waals surface area contributed by atoms with E-state index in [1.807, 2.05) is 16.0 Å². The molecule has 0 bridgehead atoms. The number of thiazole rings is 1. The van der Waals surface area contributed by atoms with Gasteiger partial charge in [0.05, 0.1) is 7.11 Å². The lowest BCUT2D eigenvalue weighted by Gasteiger charge is -2.05. The summed E-state index contributed by atoms with van der Waals surface area (Å²) in [6, 6.07) is 0. The molecule has 2 aromatic rings. The largest absolute Gasteiger partial charge is 0.480 e. The Morgan fingerprint density at radius 3 is 3.17 bits per heavy atom. The van der Waals surface area contributed by atoms with Crippen LogP contribution in [0.5, 0.6) is 5.88 Å². The summed E-state index contributed by atoms with van der Waals surface area (Å²) < 4.78 is 7.24. The Labute approximate surface area is 109 Å². The van der Waals surface area contributed by atoms with Gasteiger partial charge >= 0.3 is 0 Å². The molecule has 0 atom stereocenters.